The second kappa shape index (κ2) is 5.41. The van der Waals surface area contributed by atoms with E-state index in [1.54, 1.807) is 0 Å². The molecule has 0 bridgehead atoms. The predicted molar refractivity (Wildman–Crippen MR) is 62.0 cm³/mol. The number of ether oxygens (including phenoxy) is 1. The van der Waals surface area contributed by atoms with Crippen molar-refractivity contribution < 1.29 is 9.84 Å². The Bertz CT molecular complexity index is 332. The molecule has 0 spiro atoms. The maximum Gasteiger partial charge on any atom is 0.0891 e. The van der Waals surface area contributed by atoms with Crippen molar-refractivity contribution in [1.82, 2.24) is 4.98 Å². The van der Waals surface area contributed by atoms with E-state index >= 15 is 0 Å². The Morgan fingerprint density at radius 2 is 2.06 bits per heavy atom. The van der Waals surface area contributed by atoms with Crippen LogP contribution in [-0.4, -0.2) is 22.3 Å². The molecule has 0 aliphatic heterocycles. The van der Waals surface area contributed by atoms with E-state index in [4.69, 9.17) is 4.74 Å². The van der Waals surface area contributed by atoms with Crippen LogP contribution in [0.15, 0.2) is 18.2 Å². The number of aryl methyl sites for hydroxylation is 1. The van der Waals surface area contributed by atoms with Crippen LogP contribution in [-0.2, 0) is 11.3 Å². The lowest BCUT2D eigenvalue weighted by molar-refractivity contribution is -0.0130. The summed E-state index contributed by atoms with van der Waals surface area (Å²) < 4.78 is 5.80. The van der Waals surface area contributed by atoms with E-state index in [1.165, 1.54) is 0 Å². The minimum Gasteiger partial charge on any atom is -0.393 e. The van der Waals surface area contributed by atoms with Gasteiger partial charge in [0.2, 0.25) is 0 Å². The van der Waals surface area contributed by atoms with Gasteiger partial charge < -0.3 is 9.84 Å². The highest BCUT2D eigenvalue weighted by Gasteiger charge is 2.19. The van der Waals surface area contributed by atoms with Crippen LogP contribution in [0.1, 0.15) is 37.1 Å². The minimum absolute atomic E-state index is 0.114. The van der Waals surface area contributed by atoms with Gasteiger partial charge >= 0.3 is 0 Å². The van der Waals surface area contributed by atoms with Crippen molar-refractivity contribution in [2.24, 2.45) is 0 Å². The molecule has 3 nitrogen and oxygen atoms in total. The van der Waals surface area contributed by atoms with E-state index in [0.29, 0.717) is 12.7 Å². The summed E-state index contributed by atoms with van der Waals surface area (Å²) in [5, 5.41) is 9.38. The van der Waals surface area contributed by atoms with E-state index in [9.17, 15) is 5.11 Å². The summed E-state index contributed by atoms with van der Waals surface area (Å²) in [6, 6.07) is 5.98. The number of hydrogen-bond donors (Lipinski definition) is 1. The van der Waals surface area contributed by atoms with Crippen LogP contribution in [0.2, 0.25) is 0 Å². The molecule has 0 saturated heterocycles. The summed E-state index contributed by atoms with van der Waals surface area (Å²) >= 11 is 0. The van der Waals surface area contributed by atoms with E-state index in [0.717, 1.165) is 37.1 Å². The molecular weight excluding hydrogens is 202 g/mol. The molecule has 16 heavy (non-hydrogen) atoms. The highest BCUT2D eigenvalue weighted by atomic mass is 16.5. The topological polar surface area (TPSA) is 42.4 Å². The first kappa shape index (κ1) is 11.6. The lowest BCUT2D eigenvalue weighted by Crippen LogP contribution is -2.24. The smallest absolute Gasteiger partial charge is 0.0891 e. The molecule has 1 aliphatic rings. The van der Waals surface area contributed by atoms with Gasteiger partial charge in [0.15, 0.2) is 0 Å². The molecule has 1 N–H and O–H groups in total. The second-order valence-electron chi connectivity index (χ2n) is 4.51. The third kappa shape index (κ3) is 3.29. The van der Waals surface area contributed by atoms with Crippen molar-refractivity contribution in [3.05, 3.63) is 29.6 Å². The van der Waals surface area contributed by atoms with E-state index in [1.807, 2.05) is 25.1 Å². The van der Waals surface area contributed by atoms with Crippen LogP contribution in [0, 0.1) is 6.92 Å². The van der Waals surface area contributed by atoms with Crippen molar-refractivity contribution >= 4 is 0 Å². The third-order valence-corrected chi connectivity index (χ3v) is 3.06. The first-order valence-corrected chi connectivity index (χ1v) is 5.96. The number of nitrogens with zero attached hydrogens (tertiary/aromatic N) is 1. The van der Waals surface area contributed by atoms with Crippen LogP contribution in [0.25, 0.3) is 0 Å². The average molecular weight is 221 g/mol. The molecule has 1 saturated carbocycles. The summed E-state index contributed by atoms with van der Waals surface area (Å²) in [5.41, 5.74) is 2.02. The number of aromatic nitrogens is 1. The van der Waals surface area contributed by atoms with Gasteiger partial charge in [0, 0.05) is 5.69 Å². The SMILES string of the molecule is Cc1cccc(COC2CCC(O)CC2)n1. The Labute approximate surface area is 96.5 Å². The Hall–Kier alpha value is -0.930. The monoisotopic (exact) mass is 221 g/mol. The fourth-order valence-electron chi connectivity index (χ4n) is 2.10. The van der Waals surface area contributed by atoms with Gasteiger partial charge in [-0.15, -0.1) is 0 Å². The number of rotatable bonds is 3. The van der Waals surface area contributed by atoms with Gasteiger partial charge in [-0.1, -0.05) is 6.07 Å². The number of aliphatic hydroxyl groups excluding tert-OH is 1. The standard InChI is InChI=1S/C13H19NO2/c1-10-3-2-4-11(14-10)9-16-13-7-5-12(15)6-8-13/h2-4,12-13,15H,5-9H2,1H3. The average Bonchev–Trinajstić information content (AvgIpc) is 2.28. The van der Waals surface area contributed by atoms with E-state index in [-0.39, 0.29) is 6.10 Å². The Kier molecular flexibility index (Phi) is 3.91. The summed E-state index contributed by atoms with van der Waals surface area (Å²) in [7, 11) is 0. The molecule has 1 fully saturated rings. The zero-order valence-electron chi connectivity index (χ0n) is 9.72. The molecule has 2 rings (SSSR count). The van der Waals surface area contributed by atoms with Gasteiger partial charge in [0.25, 0.3) is 0 Å². The van der Waals surface area contributed by atoms with Crippen molar-refractivity contribution in [3.8, 4) is 0 Å². The van der Waals surface area contributed by atoms with Crippen molar-refractivity contribution in [1.29, 1.82) is 0 Å². The van der Waals surface area contributed by atoms with Gasteiger partial charge in [-0.05, 0) is 44.7 Å². The molecule has 0 unspecified atom stereocenters. The molecule has 0 aromatic carbocycles. The number of pyridine rings is 1. The first-order chi connectivity index (χ1) is 7.74. The maximum absolute atomic E-state index is 9.38. The Morgan fingerprint density at radius 1 is 1.31 bits per heavy atom. The van der Waals surface area contributed by atoms with Gasteiger partial charge in [-0.25, -0.2) is 0 Å². The van der Waals surface area contributed by atoms with Crippen LogP contribution in [0.4, 0.5) is 0 Å². The Morgan fingerprint density at radius 3 is 2.75 bits per heavy atom. The molecule has 0 amide bonds. The van der Waals surface area contributed by atoms with E-state index in [2.05, 4.69) is 4.98 Å². The van der Waals surface area contributed by atoms with Crippen LogP contribution in [0.5, 0.6) is 0 Å². The molecule has 0 radical (unpaired) electrons. The van der Waals surface area contributed by atoms with Crippen LogP contribution < -0.4 is 0 Å². The largest absolute Gasteiger partial charge is 0.393 e. The molecule has 1 aromatic heterocycles. The lowest BCUT2D eigenvalue weighted by atomic mass is 9.95. The molecule has 0 atom stereocenters. The Balaban J connectivity index is 1.79. The quantitative estimate of drug-likeness (QED) is 0.851. The molecule has 1 aliphatic carbocycles. The van der Waals surface area contributed by atoms with E-state index < -0.39 is 0 Å². The van der Waals surface area contributed by atoms with Gasteiger partial charge in [-0.2, -0.15) is 0 Å². The number of hydrogen-bond acceptors (Lipinski definition) is 3. The zero-order valence-corrected chi connectivity index (χ0v) is 9.72. The van der Waals surface area contributed by atoms with Crippen molar-refractivity contribution in [2.45, 2.75) is 51.4 Å². The molecule has 1 aromatic rings. The fraction of sp³-hybridized carbons (Fsp3) is 0.615. The highest BCUT2D eigenvalue weighted by molar-refractivity contribution is 5.08. The fourth-order valence-corrected chi connectivity index (χ4v) is 2.10. The zero-order chi connectivity index (χ0) is 11.4. The molecule has 88 valence electrons. The normalized spacial score (nSPS) is 25.6. The summed E-state index contributed by atoms with van der Waals surface area (Å²) in [4.78, 5) is 4.40. The maximum atomic E-state index is 9.38. The molecule has 1 heterocycles. The number of aliphatic hydroxyl groups is 1. The van der Waals surface area contributed by atoms with Gasteiger partial charge in [-0.3, -0.25) is 4.98 Å². The summed E-state index contributed by atoms with van der Waals surface area (Å²) in [6.07, 6.45) is 3.85. The second-order valence-corrected chi connectivity index (χ2v) is 4.51. The summed E-state index contributed by atoms with van der Waals surface area (Å²) in [5.74, 6) is 0. The first-order valence-electron chi connectivity index (χ1n) is 5.96. The van der Waals surface area contributed by atoms with Crippen molar-refractivity contribution in [2.75, 3.05) is 0 Å². The minimum atomic E-state index is -0.114. The molecular formula is C13H19NO2. The third-order valence-electron chi connectivity index (χ3n) is 3.06. The highest BCUT2D eigenvalue weighted by Crippen LogP contribution is 2.21. The van der Waals surface area contributed by atoms with Crippen LogP contribution >= 0.6 is 0 Å². The lowest BCUT2D eigenvalue weighted by Gasteiger charge is -2.25. The van der Waals surface area contributed by atoms with Crippen LogP contribution in [0.3, 0.4) is 0 Å². The summed E-state index contributed by atoms with van der Waals surface area (Å²) in [6.45, 7) is 2.57. The predicted octanol–water partition coefficient (Wildman–Crippen LogP) is 2.21. The molecule has 3 heteroatoms. The van der Waals surface area contributed by atoms with Gasteiger partial charge in [0.05, 0.1) is 24.5 Å². The van der Waals surface area contributed by atoms with Gasteiger partial charge in [0.1, 0.15) is 0 Å². The van der Waals surface area contributed by atoms with Crippen molar-refractivity contribution in [3.63, 3.8) is 0 Å².